The Morgan fingerprint density at radius 2 is 2.10 bits per heavy atom. The number of carbonyl (C=O) groups excluding carboxylic acids is 1. The van der Waals surface area contributed by atoms with Crippen LogP contribution in [0.3, 0.4) is 0 Å². The molecule has 2 atom stereocenters. The van der Waals surface area contributed by atoms with Crippen LogP contribution < -0.4 is 5.32 Å². The van der Waals surface area contributed by atoms with Crippen LogP contribution in [0.1, 0.15) is 11.5 Å². The van der Waals surface area contributed by atoms with Crippen LogP contribution in [-0.4, -0.2) is 55.5 Å². The quantitative estimate of drug-likeness (QED) is 0.880. The molecule has 0 aliphatic carbocycles. The van der Waals surface area contributed by atoms with E-state index in [1.54, 1.807) is 4.90 Å². The van der Waals surface area contributed by atoms with Crippen molar-refractivity contribution >= 4 is 5.91 Å². The number of likely N-dealkylation sites (N-methyl/N-ethyl adjacent to an activating group) is 1. The smallest absolute Gasteiger partial charge is 0.236 e. The number of amides is 1. The summed E-state index contributed by atoms with van der Waals surface area (Å²) in [7, 11) is 1.85. The summed E-state index contributed by atoms with van der Waals surface area (Å²) in [6.45, 7) is 7.32. The Morgan fingerprint density at radius 3 is 2.70 bits per heavy atom. The van der Waals surface area contributed by atoms with Gasteiger partial charge in [-0.25, -0.2) is 0 Å². The standard InChI is InChI=1S/C15H23N3O2/c1-11-3-4-14(20-11)9-17(2)15(19)10-18-7-12-5-16-6-13(12)8-18/h3-4,12-13,16H,5-10H2,1-2H3. The van der Waals surface area contributed by atoms with Crippen molar-refractivity contribution in [2.45, 2.75) is 13.5 Å². The Hall–Kier alpha value is -1.33. The number of nitrogens with zero attached hydrogens (tertiary/aromatic N) is 2. The maximum absolute atomic E-state index is 12.3. The zero-order valence-corrected chi connectivity index (χ0v) is 12.3. The second-order valence-electron chi connectivity index (χ2n) is 6.13. The third kappa shape index (κ3) is 2.88. The summed E-state index contributed by atoms with van der Waals surface area (Å²) in [5, 5.41) is 3.42. The molecule has 110 valence electrons. The van der Waals surface area contributed by atoms with Crippen LogP contribution in [0.25, 0.3) is 0 Å². The van der Waals surface area contributed by atoms with Crippen molar-refractivity contribution in [2.75, 3.05) is 39.8 Å². The topological polar surface area (TPSA) is 48.7 Å². The minimum Gasteiger partial charge on any atom is -0.464 e. The number of likely N-dealkylation sites (tertiary alicyclic amines) is 1. The minimum atomic E-state index is 0.173. The Balaban J connectivity index is 1.49. The van der Waals surface area contributed by atoms with Crippen LogP contribution >= 0.6 is 0 Å². The highest BCUT2D eigenvalue weighted by atomic mass is 16.3. The van der Waals surface area contributed by atoms with Crippen molar-refractivity contribution in [2.24, 2.45) is 11.8 Å². The van der Waals surface area contributed by atoms with Gasteiger partial charge in [0.05, 0.1) is 13.1 Å². The molecule has 2 saturated heterocycles. The lowest BCUT2D eigenvalue weighted by atomic mass is 10.0. The zero-order valence-electron chi connectivity index (χ0n) is 12.3. The number of rotatable bonds is 4. The Morgan fingerprint density at radius 1 is 1.40 bits per heavy atom. The van der Waals surface area contributed by atoms with Crippen LogP contribution in [0, 0.1) is 18.8 Å². The Labute approximate surface area is 119 Å². The molecule has 0 radical (unpaired) electrons. The monoisotopic (exact) mass is 277 g/mol. The number of nitrogens with one attached hydrogen (secondary N) is 1. The molecule has 1 aromatic heterocycles. The lowest BCUT2D eigenvalue weighted by Crippen LogP contribution is -2.38. The largest absolute Gasteiger partial charge is 0.464 e. The van der Waals surface area contributed by atoms with Crippen molar-refractivity contribution in [3.8, 4) is 0 Å². The fourth-order valence-corrected chi connectivity index (χ4v) is 3.29. The number of fused-ring (bicyclic) bond motifs is 1. The molecule has 0 bridgehead atoms. The lowest BCUT2D eigenvalue weighted by Gasteiger charge is -2.21. The van der Waals surface area contributed by atoms with E-state index in [0.717, 1.165) is 49.5 Å². The molecule has 2 aliphatic heterocycles. The Bertz CT molecular complexity index is 473. The van der Waals surface area contributed by atoms with E-state index in [1.165, 1.54) is 0 Å². The molecule has 2 aliphatic rings. The highest BCUT2D eigenvalue weighted by Gasteiger charge is 2.36. The average molecular weight is 277 g/mol. The van der Waals surface area contributed by atoms with Gasteiger partial charge < -0.3 is 14.6 Å². The highest BCUT2D eigenvalue weighted by Crippen LogP contribution is 2.25. The van der Waals surface area contributed by atoms with Crippen LogP contribution in [0.5, 0.6) is 0 Å². The van der Waals surface area contributed by atoms with Crippen LogP contribution in [0.15, 0.2) is 16.5 Å². The van der Waals surface area contributed by atoms with Crippen molar-refractivity contribution in [1.29, 1.82) is 0 Å². The molecule has 1 N–H and O–H groups in total. The van der Waals surface area contributed by atoms with Gasteiger partial charge in [0.25, 0.3) is 0 Å². The predicted molar refractivity (Wildman–Crippen MR) is 76.2 cm³/mol. The summed E-state index contributed by atoms with van der Waals surface area (Å²) < 4.78 is 5.52. The third-order valence-electron chi connectivity index (χ3n) is 4.44. The molecule has 0 saturated carbocycles. The molecule has 5 heteroatoms. The SMILES string of the molecule is Cc1ccc(CN(C)C(=O)CN2CC3CNCC3C2)o1. The van der Waals surface area contributed by atoms with Gasteiger partial charge in [-0.15, -0.1) is 0 Å². The summed E-state index contributed by atoms with van der Waals surface area (Å²) in [6.07, 6.45) is 0. The van der Waals surface area contributed by atoms with Gasteiger partial charge in [-0.3, -0.25) is 9.69 Å². The summed E-state index contributed by atoms with van der Waals surface area (Å²) in [5.74, 6) is 3.38. The molecule has 3 rings (SSSR count). The van der Waals surface area contributed by atoms with E-state index < -0.39 is 0 Å². The van der Waals surface area contributed by atoms with Gasteiger partial charge in [0, 0.05) is 20.1 Å². The first-order chi connectivity index (χ1) is 9.61. The number of aryl methyl sites for hydroxylation is 1. The fraction of sp³-hybridized carbons (Fsp3) is 0.667. The van der Waals surface area contributed by atoms with Gasteiger partial charge in [0.2, 0.25) is 5.91 Å². The first-order valence-electron chi connectivity index (χ1n) is 7.34. The van der Waals surface area contributed by atoms with Crippen molar-refractivity contribution in [3.05, 3.63) is 23.7 Å². The highest BCUT2D eigenvalue weighted by molar-refractivity contribution is 5.78. The van der Waals surface area contributed by atoms with Crippen LogP contribution in [0.2, 0.25) is 0 Å². The summed E-state index contributed by atoms with van der Waals surface area (Å²) in [5.41, 5.74) is 0. The van der Waals surface area contributed by atoms with E-state index >= 15 is 0 Å². The number of furan rings is 1. The molecule has 0 spiro atoms. The Kier molecular flexibility index (Phi) is 3.81. The van der Waals surface area contributed by atoms with Crippen LogP contribution in [-0.2, 0) is 11.3 Å². The number of carbonyl (C=O) groups is 1. The number of hydrogen-bond donors (Lipinski definition) is 1. The molecule has 0 aromatic carbocycles. The van der Waals surface area contributed by atoms with E-state index in [4.69, 9.17) is 4.42 Å². The molecule has 1 amide bonds. The maximum Gasteiger partial charge on any atom is 0.236 e. The van der Waals surface area contributed by atoms with Crippen molar-refractivity contribution in [1.82, 2.24) is 15.1 Å². The van der Waals surface area contributed by atoms with Gasteiger partial charge in [-0.05, 0) is 44.0 Å². The predicted octanol–water partition coefficient (Wildman–Crippen LogP) is 0.698. The molecule has 5 nitrogen and oxygen atoms in total. The van der Waals surface area contributed by atoms with Gasteiger partial charge in [0.1, 0.15) is 11.5 Å². The first-order valence-corrected chi connectivity index (χ1v) is 7.34. The summed E-state index contributed by atoms with van der Waals surface area (Å²) >= 11 is 0. The minimum absolute atomic E-state index is 0.173. The molecular formula is C15H23N3O2. The van der Waals surface area contributed by atoms with Crippen LogP contribution in [0.4, 0.5) is 0 Å². The second-order valence-corrected chi connectivity index (χ2v) is 6.13. The first kappa shape index (κ1) is 13.6. The summed E-state index contributed by atoms with van der Waals surface area (Å²) in [6, 6.07) is 3.87. The summed E-state index contributed by atoms with van der Waals surface area (Å²) in [4.78, 5) is 16.3. The molecular weight excluding hydrogens is 254 g/mol. The molecule has 20 heavy (non-hydrogen) atoms. The van der Waals surface area contributed by atoms with E-state index in [-0.39, 0.29) is 5.91 Å². The van der Waals surface area contributed by atoms with Crippen molar-refractivity contribution in [3.63, 3.8) is 0 Å². The normalized spacial score (nSPS) is 25.9. The van der Waals surface area contributed by atoms with Gasteiger partial charge in [-0.2, -0.15) is 0 Å². The zero-order chi connectivity index (χ0) is 14.1. The molecule has 1 aromatic rings. The number of hydrogen-bond acceptors (Lipinski definition) is 4. The maximum atomic E-state index is 12.3. The van der Waals surface area contributed by atoms with E-state index in [1.807, 2.05) is 26.1 Å². The van der Waals surface area contributed by atoms with Gasteiger partial charge >= 0.3 is 0 Å². The average Bonchev–Trinajstić information content (AvgIpc) is 3.05. The van der Waals surface area contributed by atoms with E-state index in [0.29, 0.717) is 13.1 Å². The fourth-order valence-electron chi connectivity index (χ4n) is 3.29. The van der Waals surface area contributed by atoms with Crippen molar-refractivity contribution < 1.29 is 9.21 Å². The third-order valence-corrected chi connectivity index (χ3v) is 4.44. The molecule has 3 heterocycles. The van der Waals surface area contributed by atoms with Gasteiger partial charge in [-0.1, -0.05) is 0 Å². The van der Waals surface area contributed by atoms with Gasteiger partial charge in [0.15, 0.2) is 0 Å². The van der Waals surface area contributed by atoms with E-state index in [9.17, 15) is 4.79 Å². The van der Waals surface area contributed by atoms with E-state index in [2.05, 4.69) is 10.2 Å². The molecule has 2 fully saturated rings. The molecule has 2 unspecified atom stereocenters. The second kappa shape index (κ2) is 5.58. The lowest BCUT2D eigenvalue weighted by molar-refractivity contribution is -0.131.